The molecule has 4 fully saturated rings. The van der Waals surface area contributed by atoms with E-state index in [4.69, 9.17) is 4.74 Å². The molecular formula is C56H65FN8O7S. The third-order valence-electron chi connectivity index (χ3n) is 16.1. The van der Waals surface area contributed by atoms with Gasteiger partial charge in [-0.2, -0.15) is 0 Å². The highest BCUT2D eigenvalue weighted by Crippen LogP contribution is 2.53. The van der Waals surface area contributed by atoms with Gasteiger partial charge in [0.2, 0.25) is 0 Å². The maximum Gasteiger partial charge on any atom is 0.293 e. The van der Waals surface area contributed by atoms with Crippen LogP contribution in [0.25, 0.3) is 11.0 Å². The molecule has 4 aliphatic rings. The number of aliphatic hydroxyl groups is 1. The molecule has 1 atom stereocenters. The number of nitrogens with one attached hydrogen (secondary N) is 3. The summed E-state index contributed by atoms with van der Waals surface area (Å²) >= 11 is 0. The fourth-order valence-electron chi connectivity index (χ4n) is 11.8. The van der Waals surface area contributed by atoms with E-state index in [0.29, 0.717) is 42.7 Å². The van der Waals surface area contributed by atoms with Crippen molar-refractivity contribution in [3.63, 3.8) is 0 Å². The van der Waals surface area contributed by atoms with Crippen LogP contribution in [0.5, 0.6) is 11.5 Å². The molecule has 17 heteroatoms. The second kappa shape index (κ2) is 20.5. The maximum absolute atomic E-state index is 14.1. The number of hydrogen-bond donors (Lipinski definition) is 4. The Hall–Kier alpha value is -6.40. The van der Waals surface area contributed by atoms with Crippen LogP contribution >= 0.6 is 0 Å². The molecule has 0 unspecified atom stereocenters. The predicted octanol–water partition coefficient (Wildman–Crippen LogP) is 10.3. The third-order valence-corrected chi connectivity index (χ3v) is 17.4. The van der Waals surface area contributed by atoms with Crippen molar-refractivity contribution in [2.45, 2.75) is 107 Å². The molecule has 4 aromatic carbocycles. The van der Waals surface area contributed by atoms with Crippen molar-refractivity contribution in [2.75, 3.05) is 49.5 Å². The number of anilines is 2. The lowest BCUT2D eigenvalue weighted by molar-refractivity contribution is -0.384. The lowest BCUT2D eigenvalue weighted by atomic mass is 9.59. The Morgan fingerprint density at radius 1 is 0.959 bits per heavy atom. The number of piperidine rings is 1. The zero-order valence-electron chi connectivity index (χ0n) is 41.7. The van der Waals surface area contributed by atoms with E-state index < -0.39 is 37.0 Å². The van der Waals surface area contributed by atoms with Crippen molar-refractivity contribution < 1.29 is 32.4 Å². The number of carbonyl (C=O) groups is 1. The number of nitrogens with zero attached hydrogens (tertiary/aromatic N) is 5. The fraction of sp³-hybridized carbons (Fsp3) is 0.429. The summed E-state index contributed by atoms with van der Waals surface area (Å²) in [6.45, 7) is 11.9. The van der Waals surface area contributed by atoms with E-state index >= 15 is 0 Å². The number of sulfonamides is 1. The Kier molecular flexibility index (Phi) is 14.1. The number of pyridine rings is 1. The van der Waals surface area contributed by atoms with E-state index in [1.807, 2.05) is 31.2 Å². The zero-order valence-corrected chi connectivity index (χ0v) is 42.5. The number of carbonyl (C=O) groups excluding carboxylic acids is 1. The Labute approximate surface area is 426 Å². The van der Waals surface area contributed by atoms with Crippen molar-refractivity contribution in [1.82, 2.24) is 24.5 Å². The number of ether oxygens (including phenoxy) is 1. The number of fused-ring (bicyclic) bond motifs is 1. The van der Waals surface area contributed by atoms with Crippen LogP contribution in [0.2, 0.25) is 0 Å². The molecule has 2 aliphatic heterocycles. The van der Waals surface area contributed by atoms with Gasteiger partial charge in [0.05, 0.1) is 27.2 Å². The third kappa shape index (κ3) is 11.1. The minimum Gasteiger partial charge on any atom is -0.455 e. The predicted molar refractivity (Wildman–Crippen MR) is 280 cm³/mol. The number of nitro benzene ring substituents is 1. The highest BCUT2D eigenvalue weighted by Gasteiger charge is 2.50. The van der Waals surface area contributed by atoms with Crippen molar-refractivity contribution in [3.8, 4) is 11.5 Å². The molecule has 73 heavy (non-hydrogen) atoms. The molecule has 384 valence electrons. The summed E-state index contributed by atoms with van der Waals surface area (Å²) in [6.07, 6.45) is 10.3. The van der Waals surface area contributed by atoms with Crippen molar-refractivity contribution in [3.05, 3.63) is 148 Å². The van der Waals surface area contributed by atoms with Crippen molar-refractivity contribution >= 4 is 44.0 Å². The Balaban J connectivity index is 0.832. The first-order valence-electron chi connectivity index (χ1n) is 25.6. The Morgan fingerprint density at radius 3 is 2.45 bits per heavy atom. The number of H-pyrrole nitrogens is 1. The van der Waals surface area contributed by atoms with Crippen LogP contribution in [-0.2, 0) is 16.6 Å². The summed E-state index contributed by atoms with van der Waals surface area (Å²) in [5.74, 6) is -0.114. The molecule has 0 radical (unpaired) electrons. The summed E-state index contributed by atoms with van der Waals surface area (Å²) in [7, 11) is -4.59. The van der Waals surface area contributed by atoms with Gasteiger partial charge in [-0.1, -0.05) is 50.2 Å². The number of piperazine rings is 1. The quantitative estimate of drug-likeness (QED) is 0.0564. The van der Waals surface area contributed by atoms with Crippen molar-refractivity contribution in [1.29, 1.82) is 0 Å². The SMILES string of the molecule is CC(C)c1ccccc1[C@H]1CN(Cc2ccc(F)cc2)CCN1C1CC2(CCN(c3ccc(C(=O)NS(=O)(=O)c4ccc(NC[C@H]5CC[C@](C)(O)CC5)c([N+](=O)[O-])c4)c(Oc4cnc5[nH]ccc5c4)c3)CC2)C1. The summed E-state index contributed by atoms with van der Waals surface area (Å²) < 4.78 is 50.0. The van der Waals surface area contributed by atoms with Gasteiger partial charge in [0.1, 0.15) is 28.7 Å². The highest BCUT2D eigenvalue weighted by molar-refractivity contribution is 7.90. The van der Waals surface area contributed by atoms with Crippen LogP contribution in [-0.4, -0.2) is 95.0 Å². The van der Waals surface area contributed by atoms with Crippen LogP contribution in [0.15, 0.2) is 114 Å². The standard InChI is InChI=1S/C56H65FN8O7S/c1-37(2)46-6-4-5-7-47(46)51-36-62(35-39-8-10-41(57)11-9-39)26-27-64(51)43-31-56(32-43)21-24-63(25-22-56)42-12-14-48(52(29-42)72-44-28-40-18-23-58-53(40)60-34-44)54(66)61-73(70,71)45-13-15-49(50(30-45)65(68)69)59-33-38-16-19-55(3,67)20-17-38/h4-15,18,23,28-30,34,37-38,43,51,59,67H,16-17,19-22,24-27,31-33,35-36H2,1-3H3,(H,58,60)(H,61,66)/t38-,51-,55-/m1/s1. The number of aromatic amines is 1. The minimum absolute atomic E-state index is 0.0394. The number of rotatable bonds is 15. The van der Waals surface area contributed by atoms with Gasteiger partial charge in [-0.05, 0) is 141 Å². The molecule has 4 heterocycles. The lowest BCUT2D eigenvalue weighted by Crippen LogP contribution is -2.60. The zero-order chi connectivity index (χ0) is 51.1. The maximum atomic E-state index is 14.1. The summed E-state index contributed by atoms with van der Waals surface area (Å²) in [5, 5.41) is 26.5. The van der Waals surface area contributed by atoms with Crippen LogP contribution in [0.4, 0.5) is 21.5 Å². The van der Waals surface area contributed by atoms with Crippen molar-refractivity contribution in [2.24, 2.45) is 11.3 Å². The van der Waals surface area contributed by atoms with E-state index in [9.17, 15) is 32.8 Å². The van der Waals surface area contributed by atoms with Gasteiger partial charge in [0, 0.05) is 87.3 Å². The molecule has 1 spiro atoms. The molecule has 2 saturated carbocycles. The topological polar surface area (TPSA) is 186 Å². The first-order valence-corrected chi connectivity index (χ1v) is 27.1. The molecule has 10 rings (SSSR count). The molecule has 15 nitrogen and oxygen atoms in total. The number of aromatic nitrogens is 2. The monoisotopic (exact) mass is 1010 g/mol. The summed E-state index contributed by atoms with van der Waals surface area (Å²) in [5.41, 5.74) is 4.56. The van der Waals surface area contributed by atoms with E-state index in [0.717, 1.165) is 100 Å². The van der Waals surface area contributed by atoms with E-state index in [2.05, 4.69) is 72.8 Å². The number of nitro groups is 1. The second-order valence-electron chi connectivity index (χ2n) is 21.5. The minimum atomic E-state index is -4.59. The molecule has 2 aliphatic carbocycles. The average Bonchev–Trinajstić information content (AvgIpc) is 3.84. The average molecular weight is 1010 g/mol. The molecule has 6 aromatic rings. The fourth-order valence-corrected chi connectivity index (χ4v) is 12.8. The summed E-state index contributed by atoms with van der Waals surface area (Å²) in [4.78, 5) is 40.3. The van der Waals surface area contributed by atoms with Gasteiger partial charge in [-0.15, -0.1) is 0 Å². The van der Waals surface area contributed by atoms with Gasteiger partial charge in [-0.3, -0.25) is 24.7 Å². The number of hydrogen-bond acceptors (Lipinski definition) is 12. The van der Waals surface area contributed by atoms with Gasteiger partial charge in [0.25, 0.3) is 21.6 Å². The van der Waals surface area contributed by atoms with E-state index in [-0.39, 0.29) is 40.2 Å². The van der Waals surface area contributed by atoms with Gasteiger partial charge < -0.3 is 25.0 Å². The largest absolute Gasteiger partial charge is 0.455 e. The summed E-state index contributed by atoms with van der Waals surface area (Å²) in [6, 6.07) is 28.8. The first kappa shape index (κ1) is 50.1. The highest BCUT2D eigenvalue weighted by atomic mass is 32.2. The van der Waals surface area contributed by atoms with Gasteiger partial charge in [0.15, 0.2) is 0 Å². The Morgan fingerprint density at radius 2 is 1.71 bits per heavy atom. The van der Waals surface area contributed by atoms with E-state index in [1.165, 1.54) is 29.5 Å². The number of amides is 1. The first-order chi connectivity index (χ1) is 35.0. The second-order valence-corrected chi connectivity index (χ2v) is 23.2. The molecule has 1 amide bonds. The smallest absolute Gasteiger partial charge is 0.293 e. The van der Waals surface area contributed by atoms with Crippen LogP contribution in [0.3, 0.4) is 0 Å². The van der Waals surface area contributed by atoms with Crippen LogP contribution in [0.1, 0.15) is 111 Å². The van der Waals surface area contributed by atoms with E-state index in [1.54, 1.807) is 36.5 Å². The normalized spacial score (nSPS) is 21.8. The van der Waals surface area contributed by atoms with Crippen LogP contribution in [0, 0.1) is 27.3 Å². The molecule has 4 N–H and O–H groups in total. The van der Waals surface area contributed by atoms with Gasteiger partial charge in [-0.25, -0.2) is 22.5 Å². The molecular weight excluding hydrogens is 948 g/mol. The molecule has 2 aromatic heterocycles. The number of halogens is 1. The Bertz CT molecular complexity index is 3080. The van der Waals surface area contributed by atoms with Crippen LogP contribution < -0.4 is 19.7 Å². The lowest BCUT2D eigenvalue weighted by Gasteiger charge is -2.58. The molecule has 2 saturated heterocycles. The molecule has 0 bridgehead atoms. The number of benzene rings is 4. The van der Waals surface area contributed by atoms with Gasteiger partial charge >= 0.3 is 0 Å².